The van der Waals surface area contributed by atoms with Gasteiger partial charge in [-0.25, -0.2) is 4.39 Å². The summed E-state index contributed by atoms with van der Waals surface area (Å²) < 4.78 is 13.4. The molecular formula is C12H12FN. The molecule has 0 fully saturated rings. The van der Waals surface area contributed by atoms with E-state index in [0.717, 1.165) is 5.57 Å². The van der Waals surface area contributed by atoms with Crippen LogP contribution < -0.4 is 5.32 Å². The first-order valence-electron chi connectivity index (χ1n) is 4.63. The molecule has 0 radical (unpaired) electrons. The number of hydrogen-bond acceptors (Lipinski definition) is 1. The van der Waals surface area contributed by atoms with Crippen LogP contribution in [-0.2, 0) is 0 Å². The summed E-state index contributed by atoms with van der Waals surface area (Å²) in [5.41, 5.74) is 1.84. The monoisotopic (exact) mass is 189 g/mol. The molecule has 0 saturated heterocycles. The van der Waals surface area contributed by atoms with Crippen molar-refractivity contribution >= 4 is 0 Å². The van der Waals surface area contributed by atoms with Gasteiger partial charge in [-0.3, -0.25) is 0 Å². The van der Waals surface area contributed by atoms with Crippen molar-refractivity contribution in [3.8, 4) is 0 Å². The SMILES string of the molecule is CC1=CC(c2ccccc2F)NC=C1. The summed E-state index contributed by atoms with van der Waals surface area (Å²) in [4.78, 5) is 0. The highest BCUT2D eigenvalue weighted by molar-refractivity contribution is 5.31. The minimum atomic E-state index is -0.163. The lowest BCUT2D eigenvalue weighted by molar-refractivity contribution is 0.586. The molecule has 1 N–H and O–H groups in total. The molecule has 2 rings (SSSR count). The summed E-state index contributed by atoms with van der Waals surface area (Å²) in [6.07, 6.45) is 5.84. The van der Waals surface area contributed by atoms with Crippen molar-refractivity contribution in [1.82, 2.24) is 5.32 Å². The Morgan fingerprint density at radius 3 is 2.79 bits per heavy atom. The van der Waals surface area contributed by atoms with Crippen LogP contribution in [0.1, 0.15) is 18.5 Å². The second-order valence-corrected chi connectivity index (χ2v) is 3.41. The fourth-order valence-corrected chi connectivity index (χ4v) is 1.56. The highest BCUT2D eigenvalue weighted by Gasteiger charge is 2.12. The molecule has 1 aromatic rings. The molecule has 1 aliphatic rings. The van der Waals surface area contributed by atoms with Crippen LogP contribution in [0.25, 0.3) is 0 Å². The number of rotatable bonds is 1. The molecule has 1 heterocycles. The van der Waals surface area contributed by atoms with Crippen molar-refractivity contribution in [3.63, 3.8) is 0 Å². The van der Waals surface area contributed by atoms with E-state index in [1.165, 1.54) is 6.07 Å². The Bertz CT molecular complexity index is 393. The van der Waals surface area contributed by atoms with Gasteiger partial charge in [0.05, 0.1) is 6.04 Å². The summed E-state index contributed by atoms with van der Waals surface area (Å²) >= 11 is 0. The van der Waals surface area contributed by atoms with E-state index in [9.17, 15) is 4.39 Å². The highest BCUT2D eigenvalue weighted by atomic mass is 19.1. The van der Waals surface area contributed by atoms with Crippen LogP contribution >= 0.6 is 0 Å². The maximum atomic E-state index is 13.4. The van der Waals surface area contributed by atoms with Crippen LogP contribution in [0.4, 0.5) is 4.39 Å². The third-order valence-corrected chi connectivity index (χ3v) is 2.29. The van der Waals surface area contributed by atoms with Gasteiger partial charge in [-0.2, -0.15) is 0 Å². The number of dihydropyridines is 1. The molecule has 1 unspecified atom stereocenters. The Morgan fingerprint density at radius 1 is 1.29 bits per heavy atom. The van der Waals surface area contributed by atoms with E-state index in [1.807, 2.05) is 31.3 Å². The van der Waals surface area contributed by atoms with Gasteiger partial charge in [-0.05, 0) is 25.3 Å². The predicted molar refractivity (Wildman–Crippen MR) is 55.2 cm³/mol. The highest BCUT2D eigenvalue weighted by Crippen LogP contribution is 2.21. The van der Waals surface area contributed by atoms with Crippen molar-refractivity contribution in [2.75, 3.05) is 0 Å². The molecule has 0 spiro atoms. The maximum Gasteiger partial charge on any atom is 0.128 e. The first-order valence-corrected chi connectivity index (χ1v) is 4.63. The average molecular weight is 189 g/mol. The minimum absolute atomic E-state index is 0.0406. The van der Waals surface area contributed by atoms with Crippen LogP contribution in [0.2, 0.25) is 0 Å². The number of nitrogens with one attached hydrogen (secondary N) is 1. The van der Waals surface area contributed by atoms with Crippen molar-refractivity contribution in [3.05, 3.63) is 59.6 Å². The molecule has 0 bridgehead atoms. The van der Waals surface area contributed by atoms with E-state index < -0.39 is 0 Å². The molecule has 0 aromatic heterocycles. The fraction of sp³-hybridized carbons (Fsp3) is 0.167. The van der Waals surface area contributed by atoms with Crippen LogP contribution in [0.3, 0.4) is 0 Å². The molecular weight excluding hydrogens is 177 g/mol. The van der Waals surface area contributed by atoms with Crippen LogP contribution in [0.5, 0.6) is 0 Å². The van der Waals surface area contributed by atoms with Gasteiger partial charge in [0.2, 0.25) is 0 Å². The van der Waals surface area contributed by atoms with Crippen molar-refractivity contribution in [1.29, 1.82) is 0 Å². The molecule has 0 saturated carbocycles. The lowest BCUT2D eigenvalue weighted by atomic mass is 10.0. The Morgan fingerprint density at radius 2 is 2.07 bits per heavy atom. The minimum Gasteiger partial charge on any atom is -0.380 e. The predicted octanol–water partition coefficient (Wildman–Crippen LogP) is 2.93. The van der Waals surface area contributed by atoms with E-state index in [4.69, 9.17) is 0 Å². The molecule has 1 aromatic carbocycles. The van der Waals surface area contributed by atoms with Gasteiger partial charge in [-0.15, -0.1) is 0 Å². The number of allylic oxidation sites excluding steroid dienone is 2. The van der Waals surface area contributed by atoms with Crippen LogP contribution in [0.15, 0.2) is 48.2 Å². The molecule has 1 aliphatic heterocycles. The molecule has 0 aliphatic carbocycles. The van der Waals surface area contributed by atoms with Gasteiger partial charge in [0.15, 0.2) is 0 Å². The largest absolute Gasteiger partial charge is 0.380 e. The van der Waals surface area contributed by atoms with Crippen molar-refractivity contribution in [2.24, 2.45) is 0 Å². The summed E-state index contributed by atoms with van der Waals surface area (Å²) in [6.45, 7) is 2.01. The third kappa shape index (κ3) is 1.69. The lowest BCUT2D eigenvalue weighted by Gasteiger charge is -2.18. The first kappa shape index (κ1) is 9.00. The van der Waals surface area contributed by atoms with Crippen molar-refractivity contribution in [2.45, 2.75) is 13.0 Å². The van der Waals surface area contributed by atoms with Crippen LogP contribution in [-0.4, -0.2) is 0 Å². The molecule has 2 heteroatoms. The first-order chi connectivity index (χ1) is 6.77. The Kier molecular flexibility index (Phi) is 2.35. The molecule has 1 atom stereocenters. The van der Waals surface area contributed by atoms with Crippen molar-refractivity contribution < 1.29 is 4.39 Å². The Labute approximate surface area is 83.0 Å². The quantitative estimate of drug-likeness (QED) is 0.716. The number of benzene rings is 1. The zero-order chi connectivity index (χ0) is 9.97. The summed E-state index contributed by atoms with van der Waals surface area (Å²) in [5, 5.41) is 3.11. The van der Waals surface area contributed by atoms with Gasteiger partial charge in [0.1, 0.15) is 5.82 Å². The molecule has 14 heavy (non-hydrogen) atoms. The Hall–Kier alpha value is -1.57. The second-order valence-electron chi connectivity index (χ2n) is 3.41. The topological polar surface area (TPSA) is 12.0 Å². The molecule has 0 amide bonds. The van der Waals surface area contributed by atoms with E-state index in [-0.39, 0.29) is 11.9 Å². The smallest absolute Gasteiger partial charge is 0.128 e. The normalized spacial score (nSPS) is 20.1. The van der Waals surface area contributed by atoms with Gasteiger partial charge < -0.3 is 5.32 Å². The summed E-state index contributed by atoms with van der Waals surface area (Å²) in [7, 11) is 0. The van der Waals surface area contributed by atoms with Gasteiger partial charge >= 0.3 is 0 Å². The maximum absolute atomic E-state index is 13.4. The summed E-state index contributed by atoms with van der Waals surface area (Å²) in [6, 6.07) is 6.80. The van der Waals surface area contributed by atoms with Crippen LogP contribution in [0, 0.1) is 5.82 Å². The van der Waals surface area contributed by atoms with Gasteiger partial charge in [0.25, 0.3) is 0 Å². The van der Waals surface area contributed by atoms with Gasteiger partial charge in [-0.1, -0.05) is 29.8 Å². The van der Waals surface area contributed by atoms with Gasteiger partial charge in [0, 0.05) is 5.56 Å². The third-order valence-electron chi connectivity index (χ3n) is 2.29. The standard InChI is InChI=1S/C12H12FN/c1-9-6-7-14-12(8-9)10-4-2-3-5-11(10)13/h2-8,12,14H,1H3. The fourth-order valence-electron chi connectivity index (χ4n) is 1.56. The number of halogens is 1. The lowest BCUT2D eigenvalue weighted by Crippen LogP contribution is -2.17. The molecule has 1 nitrogen and oxygen atoms in total. The van der Waals surface area contributed by atoms with E-state index in [0.29, 0.717) is 5.56 Å². The molecule has 72 valence electrons. The second kappa shape index (κ2) is 3.66. The van der Waals surface area contributed by atoms with E-state index >= 15 is 0 Å². The zero-order valence-electron chi connectivity index (χ0n) is 8.00. The zero-order valence-corrected chi connectivity index (χ0v) is 8.00. The number of hydrogen-bond donors (Lipinski definition) is 1. The van der Waals surface area contributed by atoms with E-state index in [2.05, 4.69) is 5.32 Å². The summed E-state index contributed by atoms with van der Waals surface area (Å²) in [5.74, 6) is -0.163. The Balaban J connectivity index is 2.33. The average Bonchev–Trinajstić information content (AvgIpc) is 2.18. The van der Waals surface area contributed by atoms with E-state index in [1.54, 1.807) is 12.1 Å².